The maximum absolute atomic E-state index is 11.3. The molecule has 0 aliphatic carbocycles. The predicted octanol–water partition coefficient (Wildman–Crippen LogP) is -1.57. The minimum atomic E-state index is -0.657. The van der Waals surface area contributed by atoms with Gasteiger partial charge in [0, 0.05) is 13.0 Å². The van der Waals surface area contributed by atoms with Crippen molar-refractivity contribution < 1.29 is 9.59 Å². The van der Waals surface area contributed by atoms with Gasteiger partial charge < -0.3 is 22.5 Å². The van der Waals surface area contributed by atoms with E-state index < -0.39 is 11.9 Å². The van der Waals surface area contributed by atoms with Crippen LogP contribution in [0.4, 0.5) is 0 Å². The van der Waals surface area contributed by atoms with E-state index in [1.54, 1.807) is 0 Å². The molecule has 0 radical (unpaired) electrons. The van der Waals surface area contributed by atoms with Crippen molar-refractivity contribution in [2.45, 2.75) is 31.7 Å². The highest BCUT2D eigenvalue weighted by Gasteiger charge is 2.13. The molecule has 0 rings (SSSR count). The van der Waals surface area contributed by atoms with Crippen LogP contribution in [0.5, 0.6) is 0 Å². The highest BCUT2D eigenvalue weighted by atomic mass is 16.2. The Morgan fingerprint density at radius 1 is 1.27 bits per heavy atom. The molecule has 0 fully saturated rings. The number of hydrogen-bond acceptors (Lipinski definition) is 4. The molecule has 0 bridgehead atoms. The fraction of sp³-hybridized carbons (Fsp3) is 0.778. The highest BCUT2D eigenvalue weighted by Crippen LogP contribution is 1.94. The number of carbonyl (C=O) groups excluding carboxylic acids is 2. The summed E-state index contributed by atoms with van der Waals surface area (Å²) >= 11 is 0. The van der Waals surface area contributed by atoms with Crippen LogP contribution in [0, 0.1) is 0 Å². The van der Waals surface area contributed by atoms with Gasteiger partial charge in [-0.1, -0.05) is 0 Å². The van der Waals surface area contributed by atoms with E-state index in [0.29, 0.717) is 13.1 Å². The zero-order valence-corrected chi connectivity index (χ0v) is 8.87. The van der Waals surface area contributed by atoms with Gasteiger partial charge in [0.1, 0.15) is 0 Å². The van der Waals surface area contributed by atoms with Gasteiger partial charge in [-0.05, 0) is 25.8 Å². The topological polar surface area (TPSA) is 124 Å². The summed E-state index contributed by atoms with van der Waals surface area (Å²) in [6.45, 7) is 1.18. The Labute approximate surface area is 89.6 Å². The summed E-state index contributed by atoms with van der Waals surface area (Å²) in [5.41, 5.74) is 15.8. The molecule has 6 heteroatoms. The van der Waals surface area contributed by atoms with E-state index in [1.165, 1.54) is 0 Å². The predicted molar refractivity (Wildman–Crippen MR) is 57.7 cm³/mol. The van der Waals surface area contributed by atoms with Crippen LogP contribution in [0.15, 0.2) is 0 Å². The standard InChI is InChI=1S/C9H20N4O2/c10-5-1-2-6-13-9(15)7(11)3-4-8(12)14/h7H,1-6,10-11H2,(H2,12,14)(H,13,15)/t7-/m0/s1. The van der Waals surface area contributed by atoms with Crippen LogP contribution < -0.4 is 22.5 Å². The zero-order chi connectivity index (χ0) is 11.7. The maximum atomic E-state index is 11.3. The van der Waals surface area contributed by atoms with Gasteiger partial charge in [-0.15, -0.1) is 0 Å². The number of primary amides is 1. The van der Waals surface area contributed by atoms with Crippen molar-refractivity contribution >= 4 is 11.8 Å². The molecule has 2 amide bonds. The Bertz CT molecular complexity index is 208. The second kappa shape index (κ2) is 8.19. The quantitative estimate of drug-likeness (QED) is 0.366. The Morgan fingerprint density at radius 2 is 1.93 bits per heavy atom. The summed E-state index contributed by atoms with van der Waals surface area (Å²) in [5.74, 6) is -0.686. The molecule has 0 aromatic rings. The lowest BCUT2D eigenvalue weighted by molar-refractivity contribution is -0.122. The largest absolute Gasteiger partial charge is 0.370 e. The van der Waals surface area contributed by atoms with Crippen LogP contribution in [0.3, 0.4) is 0 Å². The first-order valence-corrected chi connectivity index (χ1v) is 5.09. The molecule has 0 aromatic carbocycles. The number of carbonyl (C=O) groups is 2. The van der Waals surface area contributed by atoms with E-state index in [4.69, 9.17) is 17.2 Å². The number of unbranched alkanes of at least 4 members (excludes halogenated alkanes) is 1. The molecule has 6 nitrogen and oxygen atoms in total. The Balaban J connectivity index is 3.55. The fourth-order valence-corrected chi connectivity index (χ4v) is 1.04. The number of hydrogen-bond donors (Lipinski definition) is 4. The normalized spacial score (nSPS) is 12.1. The van der Waals surface area contributed by atoms with Crippen LogP contribution in [0.1, 0.15) is 25.7 Å². The van der Waals surface area contributed by atoms with Gasteiger partial charge in [-0.2, -0.15) is 0 Å². The molecule has 0 unspecified atom stereocenters. The van der Waals surface area contributed by atoms with Crippen LogP contribution in [-0.4, -0.2) is 30.9 Å². The monoisotopic (exact) mass is 216 g/mol. The minimum absolute atomic E-state index is 0.136. The van der Waals surface area contributed by atoms with Crippen molar-refractivity contribution in [3.05, 3.63) is 0 Å². The first kappa shape index (κ1) is 13.9. The zero-order valence-electron chi connectivity index (χ0n) is 8.87. The van der Waals surface area contributed by atoms with Crippen LogP contribution >= 0.6 is 0 Å². The Kier molecular flexibility index (Phi) is 7.57. The highest BCUT2D eigenvalue weighted by molar-refractivity contribution is 5.82. The number of nitrogens with one attached hydrogen (secondary N) is 1. The van der Waals surface area contributed by atoms with Crippen LogP contribution in [0.2, 0.25) is 0 Å². The van der Waals surface area contributed by atoms with Crippen molar-refractivity contribution in [2.24, 2.45) is 17.2 Å². The molecule has 0 aliphatic rings. The van der Waals surface area contributed by atoms with Crippen molar-refractivity contribution in [2.75, 3.05) is 13.1 Å². The average Bonchev–Trinajstić information content (AvgIpc) is 2.20. The van der Waals surface area contributed by atoms with Gasteiger partial charge in [0.2, 0.25) is 11.8 Å². The van der Waals surface area contributed by atoms with Gasteiger partial charge in [0.25, 0.3) is 0 Å². The minimum Gasteiger partial charge on any atom is -0.370 e. The van der Waals surface area contributed by atoms with Crippen LogP contribution in [0.25, 0.3) is 0 Å². The smallest absolute Gasteiger partial charge is 0.236 e. The lowest BCUT2D eigenvalue weighted by Gasteiger charge is -2.10. The summed E-state index contributed by atoms with van der Waals surface area (Å²) in [4.78, 5) is 21.7. The molecule has 1 atom stereocenters. The SMILES string of the molecule is NCCCCNC(=O)[C@@H](N)CCC(N)=O. The number of nitrogens with two attached hydrogens (primary N) is 3. The van der Waals surface area contributed by atoms with E-state index in [-0.39, 0.29) is 18.7 Å². The summed E-state index contributed by atoms with van der Waals surface area (Å²) in [6.07, 6.45) is 2.14. The number of rotatable bonds is 8. The molecule has 15 heavy (non-hydrogen) atoms. The number of amides is 2. The molecular weight excluding hydrogens is 196 g/mol. The molecule has 0 spiro atoms. The van der Waals surface area contributed by atoms with Gasteiger partial charge in [-0.25, -0.2) is 0 Å². The molecule has 0 aromatic heterocycles. The molecule has 0 heterocycles. The lowest BCUT2D eigenvalue weighted by Crippen LogP contribution is -2.41. The third-order valence-electron chi connectivity index (χ3n) is 1.97. The van der Waals surface area contributed by atoms with E-state index >= 15 is 0 Å². The Hall–Kier alpha value is -1.14. The van der Waals surface area contributed by atoms with Crippen molar-refractivity contribution in [3.8, 4) is 0 Å². The summed E-state index contributed by atoms with van der Waals surface area (Å²) in [5, 5.41) is 2.67. The maximum Gasteiger partial charge on any atom is 0.236 e. The fourth-order valence-electron chi connectivity index (χ4n) is 1.04. The molecule has 0 saturated carbocycles. The van der Waals surface area contributed by atoms with E-state index in [2.05, 4.69) is 5.32 Å². The molecule has 0 saturated heterocycles. The summed E-state index contributed by atoms with van der Waals surface area (Å²) in [6, 6.07) is -0.657. The molecule has 7 N–H and O–H groups in total. The Morgan fingerprint density at radius 3 is 2.47 bits per heavy atom. The summed E-state index contributed by atoms with van der Waals surface area (Å²) < 4.78 is 0. The molecule has 88 valence electrons. The average molecular weight is 216 g/mol. The van der Waals surface area contributed by atoms with E-state index in [9.17, 15) is 9.59 Å². The lowest BCUT2D eigenvalue weighted by atomic mass is 10.1. The van der Waals surface area contributed by atoms with Gasteiger partial charge in [0.15, 0.2) is 0 Å². The molecule has 0 aliphatic heterocycles. The first-order chi connectivity index (χ1) is 7.07. The van der Waals surface area contributed by atoms with Crippen LogP contribution in [-0.2, 0) is 9.59 Å². The van der Waals surface area contributed by atoms with Crippen molar-refractivity contribution in [1.29, 1.82) is 0 Å². The molecular formula is C9H20N4O2. The van der Waals surface area contributed by atoms with Crippen molar-refractivity contribution in [1.82, 2.24) is 5.32 Å². The second-order valence-electron chi connectivity index (χ2n) is 3.40. The van der Waals surface area contributed by atoms with E-state index in [0.717, 1.165) is 12.8 Å². The second-order valence-corrected chi connectivity index (χ2v) is 3.40. The first-order valence-electron chi connectivity index (χ1n) is 5.09. The van der Waals surface area contributed by atoms with Gasteiger partial charge >= 0.3 is 0 Å². The van der Waals surface area contributed by atoms with Crippen molar-refractivity contribution in [3.63, 3.8) is 0 Å². The third-order valence-corrected chi connectivity index (χ3v) is 1.97. The van der Waals surface area contributed by atoms with Gasteiger partial charge in [0.05, 0.1) is 6.04 Å². The van der Waals surface area contributed by atoms with E-state index in [1.807, 2.05) is 0 Å². The summed E-state index contributed by atoms with van der Waals surface area (Å²) in [7, 11) is 0. The third kappa shape index (κ3) is 7.90. The van der Waals surface area contributed by atoms with Gasteiger partial charge in [-0.3, -0.25) is 9.59 Å².